The fourth-order valence-electron chi connectivity index (χ4n) is 1.46. The summed E-state index contributed by atoms with van der Waals surface area (Å²) in [6.07, 6.45) is 0. The molecule has 1 aromatic rings. The lowest BCUT2D eigenvalue weighted by Crippen LogP contribution is -2.58. The molecule has 0 heterocycles. The SMILES string of the molecule is C[C@@H](NC(=O)C(C)(C)NC(=O)Nc1ccccc1)C(=O)O. The number of urea groups is 1. The van der Waals surface area contributed by atoms with Gasteiger partial charge in [0.2, 0.25) is 5.91 Å². The quantitative estimate of drug-likeness (QED) is 0.653. The van der Waals surface area contributed by atoms with Gasteiger partial charge >= 0.3 is 12.0 Å². The van der Waals surface area contributed by atoms with Crippen molar-refractivity contribution in [3.8, 4) is 0 Å². The largest absolute Gasteiger partial charge is 0.480 e. The van der Waals surface area contributed by atoms with E-state index < -0.39 is 29.5 Å². The number of nitrogens with one attached hydrogen (secondary N) is 3. The molecule has 0 unspecified atom stereocenters. The van der Waals surface area contributed by atoms with E-state index in [-0.39, 0.29) is 0 Å². The first-order valence-electron chi connectivity index (χ1n) is 6.40. The van der Waals surface area contributed by atoms with Crippen molar-refractivity contribution in [1.29, 1.82) is 0 Å². The van der Waals surface area contributed by atoms with Crippen LogP contribution in [-0.4, -0.2) is 34.6 Å². The highest BCUT2D eigenvalue weighted by Gasteiger charge is 2.31. The van der Waals surface area contributed by atoms with Crippen LogP contribution in [0.5, 0.6) is 0 Å². The van der Waals surface area contributed by atoms with Gasteiger partial charge in [0, 0.05) is 5.69 Å². The van der Waals surface area contributed by atoms with Gasteiger partial charge in [0.1, 0.15) is 11.6 Å². The van der Waals surface area contributed by atoms with Crippen molar-refractivity contribution in [3.63, 3.8) is 0 Å². The number of amides is 3. The fourth-order valence-corrected chi connectivity index (χ4v) is 1.46. The number of rotatable bonds is 5. The summed E-state index contributed by atoms with van der Waals surface area (Å²) < 4.78 is 0. The first-order chi connectivity index (χ1) is 9.72. The third-order valence-electron chi connectivity index (χ3n) is 2.74. The third kappa shape index (κ3) is 5.13. The van der Waals surface area contributed by atoms with Crippen LogP contribution in [0.3, 0.4) is 0 Å². The zero-order chi connectivity index (χ0) is 16.0. The van der Waals surface area contributed by atoms with Gasteiger partial charge in [0.15, 0.2) is 0 Å². The number of hydrogen-bond acceptors (Lipinski definition) is 3. The molecule has 0 fully saturated rings. The van der Waals surface area contributed by atoms with Crippen molar-refractivity contribution >= 4 is 23.6 Å². The second-order valence-electron chi connectivity index (χ2n) is 5.10. The number of carboxylic acid groups (broad SMARTS) is 1. The van der Waals surface area contributed by atoms with E-state index in [2.05, 4.69) is 16.0 Å². The summed E-state index contributed by atoms with van der Waals surface area (Å²) in [6.45, 7) is 4.32. The average Bonchev–Trinajstić information content (AvgIpc) is 2.38. The predicted octanol–water partition coefficient (Wildman–Crippen LogP) is 1.18. The van der Waals surface area contributed by atoms with Gasteiger partial charge in [-0.1, -0.05) is 18.2 Å². The molecule has 3 amide bonds. The lowest BCUT2D eigenvalue weighted by Gasteiger charge is -2.26. The van der Waals surface area contributed by atoms with Crippen LogP contribution >= 0.6 is 0 Å². The maximum Gasteiger partial charge on any atom is 0.325 e. The van der Waals surface area contributed by atoms with E-state index in [1.807, 2.05) is 6.07 Å². The van der Waals surface area contributed by atoms with Crippen LogP contribution in [0.1, 0.15) is 20.8 Å². The molecule has 0 bridgehead atoms. The Kier molecular flexibility index (Phi) is 5.29. The van der Waals surface area contributed by atoms with E-state index in [4.69, 9.17) is 5.11 Å². The lowest BCUT2D eigenvalue weighted by molar-refractivity contribution is -0.142. The smallest absolute Gasteiger partial charge is 0.325 e. The molecule has 0 aromatic heterocycles. The van der Waals surface area contributed by atoms with Gasteiger partial charge < -0.3 is 21.1 Å². The maximum absolute atomic E-state index is 12.0. The van der Waals surface area contributed by atoms with Gasteiger partial charge in [-0.2, -0.15) is 0 Å². The zero-order valence-electron chi connectivity index (χ0n) is 12.1. The number of carbonyl (C=O) groups excluding carboxylic acids is 2. The summed E-state index contributed by atoms with van der Waals surface area (Å²) >= 11 is 0. The third-order valence-corrected chi connectivity index (χ3v) is 2.74. The van der Waals surface area contributed by atoms with Crippen LogP contribution in [0.4, 0.5) is 10.5 Å². The molecule has 0 spiro atoms. The van der Waals surface area contributed by atoms with Crippen LogP contribution in [0.15, 0.2) is 30.3 Å². The first-order valence-corrected chi connectivity index (χ1v) is 6.40. The number of para-hydroxylation sites is 1. The monoisotopic (exact) mass is 293 g/mol. The molecule has 1 atom stereocenters. The summed E-state index contributed by atoms with van der Waals surface area (Å²) in [6, 6.07) is 7.18. The van der Waals surface area contributed by atoms with Crippen molar-refractivity contribution < 1.29 is 19.5 Å². The molecule has 4 N–H and O–H groups in total. The second kappa shape index (κ2) is 6.74. The molecular weight excluding hydrogens is 274 g/mol. The van der Waals surface area contributed by atoms with Crippen LogP contribution in [0.25, 0.3) is 0 Å². The molecule has 0 aliphatic heterocycles. The van der Waals surface area contributed by atoms with Gasteiger partial charge in [-0.3, -0.25) is 9.59 Å². The fraction of sp³-hybridized carbons (Fsp3) is 0.357. The van der Waals surface area contributed by atoms with Gasteiger partial charge in [-0.05, 0) is 32.9 Å². The Labute approximate surface area is 122 Å². The molecule has 114 valence electrons. The van der Waals surface area contributed by atoms with Gasteiger partial charge in [-0.15, -0.1) is 0 Å². The molecule has 7 nitrogen and oxygen atoms in total. The van der Waals surface area contributed by atoms with E-state index in [0.717, 1.165) is 0 Å². The Bertz CT molecular complexity index is 528. The zero-order valence-corrected chi connectivity index (χ0v) is 12.1. The normalized spacial score (nSPS) is 12.1. The molecule has 0 aliphatic rings. The van der Waals surface area contributed by atoms with Crippen LogP contribution in [0.2, 0.25) is 0 Å². The summed E-state index contributed by atoms with van der Waals surface area (Å²) in [5.41, 5.74) is -0.659. The maximum atomic E-state index is 12.0. The number of hydrogen-bond donors (Lipinski definition) is 4. The Balaban J connectivity index is 2.60. The highest BCUT2D eigenvalue weighted by molar-refractivity contribution is 5.96. The first kappa shape index (κ1) is 16.5. The molecule has 7 heteroatoms. The van der Waals surface area contributed by atoms with Crippen molar-refractivity contribution in [2.24, 2.45) is 0 Å². The Morgan fingerprint density at radius 1 is 1.14 bits per heavy atom. The van der Waals surface area contributed by atoms with Crippen molar-refractivity contribution in [2.45, 2.75) is 32.4 Å². The second-order valence-corrected chi connectivity index (χ2v) is 5.10. The predicted molar refractivity (Wildman–Crippen MR) is 77.9 cm³/mol. The van der Waals surface area contributed by atoms with Crippen molar-refractivity contribution in [2.75, 3.05) is 5.32 Å². The lowest BCUT2D eigenvalue weighted by atomic mass is 10.0. The van der Waals surface area contributed by atoms with E-state index >= 15 is 0 Å². The van der Waals surface area contributed by atoms with Crippen LogP contribution in [-0.2, 0) is 9.59 Å². The topological polar surface area (TPSA) is 108 Å². The number of benzene rings is 1. The molecule has 0 saturated heterocycles. The molecule has 1 rings (SSSR count). The van der Waals surface area contributed by atoms with E-state index in [0.29, 0.717) is 5.69 Å². The summed E-state index contributed by atoms with van der Waals surface area (Å²) in [5, 5.41) is 16.1. The minimum Gasteiger partial charge on any atom is -0.480 e. The summed E-state index contributed by atoms with van der Waals surface area (Å²) in [5.74, 6) is -1.73. The number of aliphatic carboxylic acids is 1. The number of carboxylic acids is 1. The summed E-state index contributed by atoms with van der Waals surface area (Å²) in [4.78, 5) is 34.5. The van der Waals surface area contributed by atoms with Gasteiger partial charge in [0.25, 0.3) is 0 Å². The van der Waals surface area contributed by atoms with Crippen LogP contribution in [0, 0.1) is 0 Å². The highest BCUT2D eigenvalue weighted by Crippen LogP contribution is 2.07. The molecule has 21 heavy (non-hydrogen) atoms. The molecule has 0 aliphatic carbocycles. The number of anilines is 1. The summed E-state index contributed by atoms with van der Waals surface area (Å²) in [7, 11) is 0. The average molecular weight is 293 g/mol. The van der Waals surface area contributed by atoms with Crippen LogP contribution < -0.4 is 16.0 Å². The Hall–Kier alpha value is -2.57. The minimum absolute atomic E-state index is 0.552. The van der Waals surface area contributed by atoms with E-state index in [9.17, 15) is 14.4 Å². The standard InChI is InChI=1S/C14H19N3O4/c1-9(11(18)19)15-12(20)14(2,3)17-13(21)16-10-7-5-4-6-8-10/h4-9H,1-3H3,(H,15,20)(H,18,19)(H2,16,17,21)/t9-/m1/s1. The minimum atomic E-state index is -1.25. The van der Waals surface area contributed by atoms with Gasteiger partial charge in [-0.25, -0.2) is 4.79 Å². The molecular formula is C14H19N3O4. The Morgan fingerprint density at radius 2 is 1.71 bits per heavy atom. The van der Waals surface area contributed by atoms with Crippen molar-refractivity contribution in [1.82, 2.24) is 10.6 Å². The molecule has 0 saturated carbocycles. The Morgan fingerprint density at radius 3 is 2.24 bits per heavy atom. The number of carbonyl (C=O) groups is 3. The van der Waals surface area contributed by atoms with E-state index in [1.54, 1.807) is 24.3 Å². The van der Waals surface area contributed by atoms with E-state index in [1.165, 1.54) is 20.8 Å². The molecule has 0 radical (unpaired) electrons. The highest BCUT2D eigenvalue weighted by atomic mass is 16.4. The van der Waals surface area contributed by atoms with Gasteiger partial charge in [0.05, 0.1) is 0 Å². The van der Waals surface area contributed by atoms with Crippen molar-refractivity contribution in [3.05, 3.63) is 30.3 Å². The molecule has 1 aromatic carbocycles.